The highest BCUT2D eigenvalue weighted by Crippen LogP contribution is 2.21. The van der Waals surface area contributed by atoms with E-state index in [1.165, 1.54) is 0 Å². The molecule has 0 fully saturated rings. The molecule has 0 unspecified atom stereocenters. The average Bonchev–Trinajstić information content (AvgIpc) is 2.46. The molecular formula is C16H15NO3. The Balaban J connectivity index is 2.29. The van der Waals surface area contributed by atoms with Gasteiger partial charge in [0, 0.05) is 0 Å². The fourth-order valence-corrected chi connectivity index (χ4v) is 2.00. The summed E-state index contributed by atoms with van der Waals surface area (Å²) in [6.07, 6.45) is 0.0161. The summed E-state index contributed by atoms with van der Waals surface area (Å²) in [5, 5.41) is 20.7. The van der Waals surface area contributed by atoms with Crippen molar-refractivity contribution in [2.45, 2.75) is 13.3 Å². The second-order valence-corrected chi connectivity index (χ2v) is 4.53. The van der Waals surface area contributed by atoms with Crippen molar-refractivity contribution in [2.75, 3.05) is 0 Å². The van der Waals surface area contributed by atoms with E-state index in [1.54, 1.807) is 13.0 Å². The van der Waals surface area contributed by atoms with Crippen LogP contribution in [0.3, 0.4) is 0 Å². The molecule has 102 valence electrons. The molecule has 20 heavy (non-hydrogen) atoms. The maximum atomic E-state index is 10.7. The second-order valence-electron chi connectivity index (χ2n) is 4.53. The number of carboxylic acids is 1. The Morgan fingerprint density at radius 3 is 2.40 bits per heavy atom. The predicted molar refractivity (Wildman–Crippen MR) is 77.2 cm³/mol. The Bertz CT molecular complexity index is 645. The third-order valence-electron chi connectivity index (χ3n) is 3.07. The van der Waals surface area contributed by atoms with Crippen molar-refractivity contribution in [1.82, 2.24) is 0 Å². The van der Waals surface area contributed by atoms with Crippen molar-refractivity contribution in [2.24, 2.45) is 5.16 Å². The van der Waals surface area contributed by atoms with E-state index in [1.807, 2.05) is 42.5 Å². The van der Waals surface area contributed by atoms with Crippen LogP contribution in [0.25, 0.3) is 11.1 Å². The molecule has 0 saturated heterocycles. The van der Waals surface area contributed by atoms with Crippen molar-refractivity contribution < 1.29 is 15.1 Å². The largest absolute Gasteiger partial charge is 0.481 e. The normalized spacial score (nSPS) is 11.3. The zero-order valence-electron chi connectivity index (χ0n) is 11.1. The number of carboxylic acid groups (broad SMARTS) is 1. The van der Waals surface area contributed by atoms with Crippen molar-refractivity contribution in [3.05, 3.63) is 59.7 Å². The lowest BCUT2D eigenvalue weighted by molar-refractivity contribution is -0.136. The molecule has 4 heteroatoms. The number of aliphatic carboxylic acids is 1. The van der Waals surface area contributed by atoms with Crippen molar-refractivity contribution in [3.8, 4) is 11.1 Å². The Labute approximate surface area is 117 Å². The zero-order chi connectivity index (χ0) is 14.5. The molecule has 0 aromatic heterocycles. The number of carbonyl (C=O) groups is 1. The molecule has 0 saturated carbocycles. The lowest BCUT2D eigenvalue weighted by Crippen LogP contribution is -1.99. The molecule has 0 atom stereocenters. The van der Waals surface area contributed by atoms with E-state index in [9.17, 15) is 4.79 Å². The number of benzene rings is 2. The summed E-state index contributed by atoms with van der Waals surface area (Å²) in [7, 11) is 0. The van der Waals surface area contributed by atoms with Gasteiger partial charge in [-0.05, 0) is 29.2 Å². The highest BCUT2D eigenvalue weighted by Gasteiger charge is 2.04. The van der Waals surface area contributed by atoms with Gasteiger partial charge in [-0.3, -0.25) is 4.79 Å². The van der Waals surface area contributed by atoms with Crippen molar-refractivity contribution in [1.29, 1.82) is 0 Å². The first-order chi connectivity index (χ1) is 9.60. The van der Waals surface area contributed by atoms with Gasteiger partial charge in [0.15, 0.2) is 0 Å². The molecule has 0 aliphatic carbocycles. The van der Waals surface area contributed by atoms with Gasteiger partial charge in [-0.25, -0.2) is 0 Å². The predicted octanol–water partition coefficient (Wildman–Crippen LogP) is 3.18. The Hall–Kier alpha value is -2.62. The zero-order valence-corrected chi connectivity index (χ0v) is 11.1. The summed E-state index contributed by atoms with van der Waals surface area (Å²) in [4.78, 5) is 10.7. The van der Waals surface area contributed by atoms with Gasteiger partial charge in [0.1, 0.15) is 0 Å². The van der Waals surface area contributed by atoms with Gasteiger partial charge in [0.25, 0.3) is 0 Å². The minimum atomic E-state index is -0.840. The van der Waals surface area contributed by atoms with Crippen LogP contribution in [-0.2, 0) is 11.2 Å². The summed E-state index contributed by atoms with van der Waals surface area (Å²) in [6, 6.07) is 15.0. The van der Waals surface area contributed by atoms with Gasteiger partial charge in [-0.2, -0.15) is 0 Å². The number of hydrogen-bond acceptors (Lipinski definition) is 3. The summed E-state index contributed by atoms with van der Waals surface area (Å²) in [6.45, 7) is 1.72. The minimum Gasteiger partial charge on any atom is -0.481 e. The topological polar surface area (TPSA) is 69.9 Å². The molecule has 4 nitrogen and oxygen atoms in total. The Morgan fingerprint density at radius 2 is 1.80 bits per heavy atom. The van der Waals surface area contributed by atoms with Crippen LogP contribution in [0.5, 0.6) is 0 Å². The van der Waals surface area contributed by atoms with Crippen LogP contribution in [0, 0.1) is 0 Å². The Morgan fingerprint density at radius 1 is 1.10 bits per heavy atom. The van der Waals surface area contributed by atoms with Crippen LogP contribution in [0.1, 0.15) is 18.1 Å². The lowest BCUT2D eigenvalue weighted by atomic mass is 10.00. The standard InChI is InChI=1S/C16H15NO3/c1-11(17-20)13-5-7-14(8-6-13)15-4-2-3-12(9-15)10-16(18)19/h2-9,20H,10H2,1H3,(H,18,19). The first kappa shape index (κ1) is 13.8. The van der Waals surface area contributed by atoms with Crippen LogP contribution >= 0.6 is 0 Å². The molecule has 2 rings (SSSR count). The van der Waals surface area contributed by atoms with E-state index < -0.39 is 5.97 Å². The van der Waals surface area contributed by atoms with Gasteiger partial charge in [0.2, 0.25) is 0 Å². The highest BCUT2D eigenvalue weighted by molar-refractivity contribution is 5.98. The third kappa shape index (κ3) is 3.23. The van der Waals surface area contributed by atoms with Gasteiger partial charge >= 0.3 is 5.97 Å². The number of rotatable bonds is 4. The van der Waals surface area contributed by atoms with E-state index in [-0.39, 0.29) is 6.42 Å². The van der Waals surface area contributed by atoms with Crippen LogP contribution < -0.4 is 0 Å². The van der Waals surface area contributed by atoms with Crippen LogP contribution in [0.4, 0.5) is 0 Å². The fourth-order valence-electron chi connectivity index (χ4n) is 2.00. The second kappa shape index (κ2) is 6.02. The summed E-state index contributed by atoms with van der Waals surface area (Å²) in [5.41, 5.74) is 4.13. The third-order valence-corrected chi connectivity index (χ3v) is 3.07. The molecule has 2 aromatic rings. The quantitative estimate of drug-likeness (QED) is 0.509. The van der Waals surface area contributed by atoms with E-state index in [2.05, 4.69) is 5.16 Å². The summed E-state index contributed by atoms with van der Waals surface area (Å²) in [5.74, 6) is -0.840. The minimum absolute atomic E-state index is 0.0161. The van der Waals surface area contributed by atoms with E-state index in [0.717, 1.165) is 22.3 Å². The summed E-state index contributed by atoms with van der Waals surface area (Å²) >= 11 is 0. The number of nitrogens with zero attached hydrogens (tertiary/aromatic N) is 1. The van der Waals surface area contributed by atoms with Crippen LogP contribution in [-0.4, -0.2) is 22.0 Å². The van der Waals surface area contributed by atoms with Gasteiger partial charge in [-0.1, -0.05) is 53.7 Å². The van der Waals surface area contributed by atoms with Gasteiger partial charge in [-0.15, -0.1) is 0 Å². The van der Waals surface area contributed by atoms with E-state index in [4.69, 9.17) is 10.3 Å². The maximum absolute atomic E-state index is 10.7. The average molecular weight is 269 g/mol. The van der Waals surface area contributed by atoms with Gasteiger partial charge in [0.05, 0.1) is 12.1 Å². The monoisotopic (exact) mass is 269 g/mol. The summed E-state index contributed by atoms with van der Waals surface area (Å²) < 4.78 is 0. The fraction of sp³-hybridized carbons (Fsp3) is 0.125. The molecular weight excluding hydrogens is 254 g/mol. The molecule has 2 N–H and O–H groups in total. The SMILES string of the molecule is CC(=NO)c1ccc(-c2cccc(CC(=O)O)c2)cc1. The van der Waals surface area contributed by atoms with E-state index in [0.29, 0.717) is 5.71 Å². The molecule has 0 aliphatic rings. The first-order valence-corrected chi connectivity index (χ1v) is 6.20. The molecule has 0 aliphatic heterocycles. The molecule has 0 spiro atoms. The number of oxime groups is 1. The lowest BCUT2D eigenvalue weighted by Gasteiger charge is -2.05. The molecule has 0 heterocycles. The molecule has 0 radical (unpaired) electrons. The van der Waals surface area contributed by atoms with Crippen molar-refractivity contribution in [3.63, 3.8) is 0 Å². The first-order valence-electron chi connectivity index (χ1n) is 6.20. The van der Waals surface area contributed by atoms with Crippen LogP contribution in [0.2, 0.25) is 0 Å². The van der Waals surface area contributed by atoms with Crippen molar-refractivity contribution >= 4 is 11.7 Å². The molecule has 0 amide bonds. The molecule has 2 aromatic carbocycles. The number of hydrogen-bond donors (Lipinski definition) is 2. The van der Waals surface area contributed by atoms with E-state index >= 15 is 0 Å². The van der Waals surface area contributed by atoms with Crippen LogP contribution in [0.15, 0.2) is 53.7 Å². The smallest absolute Gasteiger partial charge is 0.307 e. The van der Waals surface area contributed by atoms with Gasteiger partial charge < -0.3 is 10.3 Å². The highest BCUT2D eigenvalue weighted by atomic mass is 16.4. The molecule has 0 bridgehead atoms. The maximum Gasteiger partial charge on any atom is 0.307 e. The Kier molecular flexibility index (Phi) is 4.15.